The highest BCUT2D eigenvalue weighted by molar-refractivity contribution is 5.79. The van der Waals surface area contributed by atoms with Crippen molar-refractivity contribution in [2.24, 2.45) is 5.73 Å². The first-order valence-corrected chi connectivity index (χ1v) is 6.92. The molecule has 0 aromatic carbocycles. The molecule has 0 saturated heterocycles. The zero-order valence-corrected chi connectivity index (χ0v) is 11.9. The van der Waals surface area contributed by atoms with E-state index in [9.17, 15) is 9.59 Å². The third-order valence-corrected chi connectivity index (χ3v) is 3.16. The van der Waals surface area contributed by atoms with E-state index < -0.39 is 0 Å². The highest BCUT2D eigenvalue weighted by atomic mass is 16.5. The minimum absolute atomic E-state index is 0.0321. The van der Waals surface area contributed by atoms with Crippen LogP contribution in [0, 0.1) is 0 Å². The number of nitrogens with zero attached hydrogens (tertiary/aromatic N) is 2. The van der Waals surface area contributed by atoms with Gasteiger partial charge in [-0.15, -0.1) is 0 Å². The van der Waals surface area contributed by atoms with Gasteiger partial charge in [-0.3, -0.25) is 14.5 Å². The molecule has 0 aromatic rings. The maximum absolute atomic E-state index is 12.0. The number of rotatable bonds is 9. The predicted molar refractivity (Wildman–Crippen MR) is 72.5 cm³/mol. The van der Waals surface area contributed by atoms with Gasteiger partial charge in [-0.2, -0.15) is 0 Å². The normalized spacial score (nSPS) is 14.5. The zero-order valence-electron chi connectivity index (χ0n) is 11.9. The van der Waals surface area contributed by atoms with Crippen molar-refractivity contribution >= 4 is 11.9 Å². The maximum atomic E-state index is 12.0. The van der Waals surface area contributed by atoms with Crippen LogP contribution in [-0.2, 0) is 14.3 Å². The molecule has 110 valence electrons. The van der Waals surface area contributed by atoms with Gasteiger partial charge in [0.1, 0.15) is 0 Å². The van der Waals surface area contributed by atoms with Crippen molar-refractivity contribution in [2.75, 3.05) is 39.8 Å². The maximum Gasteiger partial charge on any atom is 0.320 e. The Morgan fingerprint density at radius 1 is 1.32 bits per heavy atom. The van der Waals surface area contributed by atoms with Crippen LogP contribution in [0.25, 0.3) is 0 Å². The Kier molecular flexibility index (Phi) is 6.80. The molecule has 1 aliphatic rings. The number of likely N-dealkylation sites (N-methyl/N-ethyl adjacent to an activating group) is 1. The summed E-state index contributed by atoms with van der Waals surface area (Å²) in [6.45, 7) is 3.88. The molecule has 0 aliphatic heterocycles. The van der Waals surface area contributed by atoms with Gasteiger partial charge in [-0.05, 0) is 32.7 Å². The molecule has 1 amide bonds. The van der Waals surface area contributed by atoms with Crippen molar-refractivity contribution in [3.63, 3.8) is 0 Å². The van der Waals surface area contributed by atoms with Gasteiger partial charge in [0.2, 0.25) is 5.91 Å². The summed E-state index contributed by atoms with van der Waals surface area (Å²) >= 11 is 0. The Morgan fingerprint density at radius 3 is 2.53 bits per heavy atom. The molecule has 2 N–H and O–H groups in total. The van der Waals surface area contributed by atoms with E-state index in [1.54, 1.807) is 18.9 Å². The monoisotopic (exact) mass is 271 g/mol. The quantitative estimate of drug-likeness (QED) is 0.589. The van der Waals surface area contributed by atoms with Gasteiger partial charge in [0.15, 0.2) is 0 Å². The molecular weight excluding hydrogens is 246 g/mol. The van der Waals surface area contributed by atoms with Crippen molar-refractivity contribution < 1.29 is 14.3 Å². The molecule has 6 nitrogen and oxygen atoms in total. The second-order valence-corrected chi connectivity index (χ2v) is 4.90. The predicted octanol–water partition coefficient (Wildman–Crippen LogP) is -0.179. The van der Waals surface area contributed by atoms with E-state index in [1.165, 1.54) is 0 Å². The summed E-state index contributed by atoms with van der Waals surface area (Å²) in [4.78, 5) is 27.1. The Bertz CT molecular complexity index is 306. The van der Waals surface area contributed by atoms with Crippen LogP contribution in [0.5, 0.6) is 0 Å². The minimum Gasteiger partial charge on any atom is -0.465 e. The fraction of sp³-hybridized carbons (Fsp3) is 0.846. The molecule has 0 atom stereocenters. The lowest BCUT2D eigenvalue weighted by atomic mass is 10.3. The Labute approximate surface area is 114 Å². The van der Waals surface area contributed by atoms with Gasteiger partial charge in [-0.1, -0.05) is 0 Å². The molecule has 1 fully saturated rings. The second-order valence-electron chi connectivity index (χ2n) is 4.90. The first kappa shape index (κ1) is 15.9. The summed E-state index contributed by atoms with van der Waals surface area (Å²) in [6.07, 6.45) is 2.90. The summed E-state index contributed by atoms with van der Waals surface area (Å²) in [6, 6.07) is 0.358. The lowest BCUT2D eigenvalue weighted by Crippen LogP contribution is -2.42. The average molecular weight is 271 g/mol. The van der Waals surface area contributed by atoms with Crippen molar-refractivity contribution in [1.82, 2.24) is 9.80 Å². The summed E-state index contributed by atoms with van der Waals surface area (Å²) in [5.41, 5.74) is 5.43. The molecule has 6 heteroatoms. The molecule has 0 radical (unpaired) electrons. The summed E-state index contributed by atoms with van der Waals surface area (Å²) in [5, 5.41) is 0. The molecule has 0 heterocycles. The van der Waals surface area contributed by atoms with Crippen LogP contribution in [0.1, 0.15) is 26.2 Å². The SMILES string of the molecule is CCOC(=O)CN(CC(=O)N(C)CCCN)C1CC1. The van der Waals surface area contributed by atoms with E-state index in [4.69, 9.17) is 10.5 Å². The van der Waals surface area contributed by atoms with E-state index in [0.717, 1.165) is 19.3 Å². The lowest BCUT2D eigenvalue weighted by Gasteiger charge is -2.24. The first-order chi connectivity index (χ1) is 9.08. The third kappa shape index (κ3) is 6.02. The van der Waals surface area contributed by atoms with E-state index >= 15 is 0 Å². The number of hydrogen-bond acceptors (Lipinski definition) is 5. The molecular formula is C13H25N3O3. The molecule has 1 saturated carbocycles. The smallest absolute Gasteiger partial charge is 0.320 e. The third-order valence-electron chi connectivity index (χ3n) is 3.16. The van der Waals surface area contributed by atoms with E-state index in [1.807, 2.05) is 4.90 Å². The van der Waals surface area contributed by atoms with Crippen LogP contribution < -0.4 is 5.73 Å². The highest BCUT2D eigenvalue weighted by Crippen LogP contribution is 2.26. The van der Waals surface area contributed by atoms with Gasteiger partial charge in [-0.25, -0.2) is 0 Å². The molecule has 19 heavy (non-hydrogen) atoms. The Balaban J connectivity index is 2.40. The van der Waals surface area contributed by atoms with Crippen molar-refractivity contribution in [3.8, 4) is 0 Å². The van der Waals surface area contributed by atoms with Crippen LogP contribution in [0.2, 0.25) is 0 Å². The van der Waals surface area contributed by atoms with Gasteiger partial charge in [0.25, 0.3) is 0 Å². The number of carbonyl (C=O) groups excluding carboxylic acids is 2. The molecule has 0 unspecified atom stereocenters. The molecule has 0 aromatic heterocycles. The lowest BCUT2D eigenvalue weighted by molar-refractivity contribution is -0.145. The molecule has 0 bridgehead atoms. The minimum atomic E-state index is -0.258. The largest absolute Gasteiger partial charge is 0.465 e. The van der Waals surface area contributed by atoms with Gasteiger partial charge in [0, 0.05) is 19.6 Å². The van der Waals surface area contributed by atoms with Crippen molar-refractivity contribution in [3.05, 3.63) is 0 Å². The molecule has 1 aliphatic carbocycles. The van der Waals surface area contributed by atoms with E-state index in [-0.39, 0.29) is 25.0 Å². The van der Waals surface area contributed by atoms with Crippen molar-refractivity contribution in [2.45, 2.75) is 32.2 Å². The standard InChI is InChI=1S/C13H25N3O3/c1-3-19-13(18)10-16(11-5-6-11)9-12(17)15(2)8-4-7-14/h11H,3-10,14H2,1-2H3. The van der Waals surface area contributed by atoms with E-state index in [2.05, 4.69) is 0 Å². The number of ether oxygens (including phenoxy) is 1. The second kappa shape index (κ2) is 8.12. The van der Waals surface area contributed by atoms with Crippen LogP contribution in [0.4, 0.5) is 0 Å². The Hall–Kier alpha value is -1.14. The number of amides is 1. The molecule has 1 rings (SSSR count). The highest BCUT2D eigenvalue weighted by Gasteiger charge is 2.32. The Morgan fingerprint density at radius 2 is 2.00 bits per heavy atom. The number of carbonyl (C=O) groups is 2. The number of nitrogens with two attached hydrogens (primary N) is 1. The van der Waals surface area contributed by atoms with Crippen molar-refractivity contribution in [1.29, 1.82) is 0 Å². The number of hydrogen-bond donors (Lipinski definition) is 1. The first-order valence-electron chi connectivity index (χ1n) is 6.92. The van der Waals surface area contributed by atoms with Crippen LogP contribution in [0.3, 0.4) is 0 Å². The van der Waals surface area contributed by atoms with E-state index in [0.29, 0.717) is 25.7 Å². The summed E-state index contributed by atoms with van der Waals surface area (Å²) in [5.74, 6) is -0.226. The molecule has 0 spiro atoms. The van der Waals surface area contributed by atoms with Crippen LogP contribution >= 0.6 is 0 Å². The summed E-state index contributed by atoms with van der Waals surface area (Å²) < 4.78 is 4.94. The fourth-order valence-electron chi connectivity index (χ4n) is 1.87. The zero-order chi connectivity index (χ0) is 14.3. The van der Waals surface area contributed by atoms with Crippen LogP contribution in [0.15, 0.2) is 0 Å². The topological polar surface area (TPSA) is 75.9 Å². The average Bonchev–Trinajstić information content (AvgIpc) is 3.19. The van der Waals surface area contributed by atoms with Gasteiger partial charge in [0.05, 0.1) is 19.7 Å². The number of esters is 1. The van der Waals surface area contributed by atoms with Gasteiger partial charge >= 0.3 is 5.97 Å². The summed E-state index contributed by atoms with van der Waals surface area (Å²) in [7, 11) is 1.77. The fourth-order valence-corrected chi connectivity index (χ4v) is 1.87. The van der Waals surface area contributed by atoms with Gasteiger partial charge < -0.3 is 15.4 Å². The van der Waals surface area contributed by atoms with Crippen LogP contribution in [-0.4, -0.2) is 67.6 Å².